The summed E-state index contributed by atoms with van der Waals surface area (Å²) in [5.41, 5.74) is 5.33. The molecule has 0 aromatic carbocycles. The highest BCUT2D eigenvalue weighted by atomic mass is 35.5. The highest BCUT2D eigenvalue weighted by Crippen LogP contribution is 2.50. The van der Waals surface area contributed by atoms with E-state index in [0.717, 1.165) is 6.54 Å². The molecule has 1 aliphatic carbocycles. The number of nitrogens with two attached hydrogens (primary N) is 1. The Balaban J connectivity index is 0.00000288. The predicted octanol–water partition coefficient (Wildman–Crippen LogP) is 1.28. The smallest absolute Gasteiger partial charge is 0.243 e. The van der Waals surface area contributed by atoms with Gasteiger partial charge >= 0.3 is 0 Å². The second-order valence-electron chi connectivity index (χ2n) is 7.79. The lowest BCUT2D eigenvalue weighted by Crippen LogP contribution is -2.77. The van der Waals surface area contributed by atoms with E-state index in [1.54, 1.807) is 6.92 Å². The molecule has 1 saturated heterocycles. The second kappa shape index (κ2) is 9.20. The molecular weight excluding hydrogens is 365 g/mol. The Bertz CT molecular complexity index is 451. The van der Waals surface area contributed by atoms with E-state index in [2.05, 4.69) is 11.8 Å². The zero-order valence-electron chi connectivity index (χ0n) is 16.0. The van der Waals surface area contributed by atoms with Gasteiger partial charge in [-0.1, -0.05) is 13.8 Å². The van der Waals surface area contributed by atoms with Gasteiger partial charge in [-0.2, -0.15) is 0 Å². The molecule has 6 nitrogen and oxygen atoms in total. The summed E-state index contributed by atoms with van der Waals surface area (Å²) in [7, 11) is 0. The molecular formula is C17H35Cl2N3O3. The monoisotopic (exact) mass is 399 g/mol. The van der Waals surface area contributed by atoms with Crippen molar-refractivity contribution in [3.05, 3.63) is 0 Å². The summed E-state index contributed by atoms with van der Waals surface area (Å²) in [4.78, 5) is 17.1. The normalized spacial score (nSPS) is 32.8. The zero-order valence-corrected chi connectivity index (χ0v) is 17.7. The minimum Gasteiger partial charge on any atom is -0.392 e. The first-order chi connectivity index (χ1) is 10.6. The molecule has 0 aromatic rings. The van der Waals surface area contributed by atoms with Gasteiger partial charge in [0.15, 0.2) is 0 Å². The molecule has 0 radical (unpaired) electrons. The third-order valence-electron chi connectivity index (χ3n) is 5.76. The molecule has 4 unspecified atom stereocenters. The SMILES string of the molecule is CCOC1CC(N)(C(=O)N2CCN(CC(C)O)C(C)C2)C1(C)C.Cl.Cl. The Morgan fingerprint density at radius 1 is 1.36 bits per heavy atom. The number of hydrogen-bond acceptors (Lipinski definition) is 5. The Hall–Kier alpha value is -0.110. The molecule has 0 aromatic heterocycles. The summed E-state index contributed by atoms with van der Waals surface area (Å²) in [6.45, 7) is 13.3. The van der Waals surface area contributed by atoms with Crippen LogP contribution >= 0.6 is 24.8 Å². The van der Waals surface area contributed by atoms with Gasteiger partial charge in [-0.15, -0.1) is 24.8 Å². The molecule has 2 fully saturated rings. The Kier molecular flexibility index (Phi) is 9.16. The molecule has 0 spiro atoms. The van der Waals surface area contributed by atoms with E-state index < -0.39 is 5.54 Å². The molecule has 1 aliphatic heterocycles. The number of halogens is 2. The molecule has 8 heteroatoms. The highest BCUT2D eigenvalue weighted by Gasteiger charge is 2.63. The van der Waals surface area contributed by atoms with Crippen LogP contribution in [0, 0.1) is 5.41 Å². The predicted molar refractivity (Wildman–Crippen MR) is 105 cm³/mol. The summed E-state index contributed by atoms with van der Waals surface area (Å²) in [6.07, 6.45) is 0.294. The highest BCUT2D eigenvalue weighted by molar-refractivity contribution is 5.89. The fourth-order valence-electron chi connectivity index (χ4n) is 3.87. The first-order valence-corrected chi connectivity index (χ1v) is 8.75. The number of β-amino-alcohol motifs (C(OH)–C–C–N with tert-alkyl or cyclic N) is 1. The molecule has 4 atom stereocenters. The van der Waals surface area contributed by atoms with E-state index in [1.807, 2.05) is 25.7 Å². The van der Waals surface area contributed by atoms with Crippen molar-refractivity contribution in [3.8, 4) is 0 Å². The van der Waals surface area contributed by atoms with Gasteiger partial charge in [0.25, 0.3) is 0 Å². The van der Waals surface area contributed by atoms with Crippen molar-refractivity contribution in [1.29, 1.82) is 0 Å². The summed E-state index contributed by atoms with van der Waals surface area (Å²) in [6, 6.07) is 0.233. The van der Waals surface area contributed by atoms with Gasteiger partial charge in [-0.25, -0.2) is 0 Å². The maximum atomic E-state index is 13.0. The first kappa shape index (κ1) is 24.9. The molecule has 2 aliphatic rings. The quantitative estimate of drug-likeness (QED) is 0.727. The van der Waals surface area contributed by atoms with E-state index in [9.17, 15) is 9.90 Å². The topological polar surface area (TPSA) is 79.0 Å². The van der Waals surface area contributed by atoms with E-state index in [-0.39, 0.29) is 54.4 Å². The third-order valence-corrected chi connectivity index (χ3v) is 5.76. The molecule has 1 heterocycles. The maximum Gasteiger partial charge on any atom is 0.243 e. The fraction of sp³-hybridized carbons (Fsp3) is 0.941. The number of piperazine rings is 1. The lowest BCUT2D eigenvalue weighted by molar-refractivity contribution is -0.181. The Morgan fingerprint density at radius 2 is 1.96 bits per heavy atom. The van der Waals surface area contributed by atoms with Crippen molar-refractivity contribution in [2.24, 2.45) is 11.1 Å². The van der Waals surface area contributed by atoms with E-state index in [0.29, 0.717) is 32.7 Å². The minimum absolute atomic E-state index is 0. The zero-order chi connectivity index (χ0) is 17.4. The van der Waals surface area contributed by atoms with Crippen LogP contribution in [0.5, 0.6) is 0 Å². The average Bonchev–Trinajstić information content (AvgIpc) is 2.47. The molecule has 1 amide bonds. The number of rotatable bonds is 5. The van der Waals surface area contributed by atoms with Gasteiger partial charge in [0.05, 0.1) is 12.2 Å². The van der Waals surface area contributed by atoms with Crippen LogP contribution in [0.3, 0.4) is 0 Å². The molecule has 1 saturated carbocycles. The average molecular weight is 400 g/mol. The van der Waals surface area contributed by atoms with Crippen molar-refractivity contribution in [2.75, 3.05) is 32.8 Å². The molecule has 150 valence electrons. The Morgan fingerprint density at radius 3 is 2.40 bits per heavy atom. The van der Waals surface area contributed by atoms with Crippen LogP contribution in [0.2, 0.25) is 0 Å². The van der Waals surface area contributed by atoms with Crippen LogP contribution in [0.15, 0.2) is 0 Å². The first-order valence-electron chi connectivity index (χ1n) is 8.75. The van der Waals surface area contributed by atoms with E-state index in [1.165, 1.54) is 0 Å². The second-order valence-corrected chi connectivity index (χ2v) is 7.79. The van der Waals surface area contributed by atoms with Crippen LogP contribution in [-0.2, 0) is 9.53 Å². The lowest BCUT2D eigenvalue weighted by Gasteiger charge is -2.59. The van der Waals surface area contributed by atoms with Crippen molar-refractivity contribution >= 4 is 30.7 Å². The van der Waals surface area contributed by atoms with Crippen molar-refractivity contribution in [1.82, 2.24) is 9.80 Å². The Labute approximate surface area is 164 Å². The van der Waals surface area contributed by atoms with Crippen molar-refractivity contribution < 1.29 is 14.6 Å². The van der Waals surface area contributed by atoms with Gasteiger partial charge < -0.3 is 20.5 Å². The molecule has 25 heavy (non-hydrogen) atoms. The van der Waals surface area contributed by atoms with Crippen LogP contribution in [0.4, 0.5) is 0 Å². The van der Waals surface area contributed by atoms with Gasteiger partial charge in [0.2, 0.25) is 5.91 Å². The summed E-state index contributed by atoms with van der Waals surface area (Å²) in [5.74, 6) is 0.0435. The number of carbonyl (C=O) groups excluding carboxylic acids is 1. The van der Waals surface area contributed by atoms with Gasteiger partial charge in [0, 0.05) is 50.7 Å². The minimum atomic E-state index is -0.834. The summed E-state index contributed by atoms with van der Waals surface area (Å²) in [5, 5.41) is 9.57. The molecule has 0 bridgehead atoms. The summed E-state index contributed by atoms with van der Waals surface area (Å²) < 4.78 is 5.72. The number of hydrogen-bond donors (Lipinski definition) is 2. The molecule has 2 rings (SSSR count). The van der Waals surface area contributed by atoms with Gasteiger partial charge in [0.1, 0.15) is 5.54 Å². The van der Waals surface area contributed by atoms with Gasteiger partial charge in [-0.3, -0.25) is 9.69 Å². The standard InChI is InChI=1S/C17H33N3O3.2ClH/c1-6-23-14-9-17(18,16(14,4)5)15(22)20-8-7-19(11-13(3)21)12(2)10-20;;/h12-14,21H,6-11,18H2,1-5H3;2*1H. The lowest BCUT2D eigenvalue weighted by atomic mass is 9.54. The number of amides is 1. The van der Waals surface area contributed by atoms with Gasteiger partial charge in [-0.05, 0) is 20.8 Å². The van der Waals surface area contributed by atoms with Crippen LogP contribution in [0.1, 0.15) is 41.0 Å². The van der Waals surface area contributed by atoms with E-state index in [4.69, 9.17) is 10.5 Å². The maximum absolute atomic E-state index is 13.0. The van der Waals surface area contributed by atoms with Crippen molar-refractivity contribution in [3.63, 3.8) is 0 Å². The number of nitrogens with zero attached hydrogens (tertiary/aromatic N) is 2. The van der Waals surface area contributed by atoms with E-state index >= 15 is 0 Å². The van der Waals surface area contributed by atoms with Crippen LogP contribution < -0.4 is 5.73 Å². The van der Waals surface area contributed by atoms with Crippen molar-refractivity contribution in [2.45, 2.75) is 64.8 Å². The fourth-order valence-corrected chi connectivity index (χ4v) is 3.87. The largest absolute Gasteiger partial charge is 0.392 e. The molecule has 3 N–H and O–H groups in total. The number of carbonyl (C=O) groups is 1. The van der Waals surface area contributed by atoms with Crippen LogP contribution in [-0.4, -0.2) is 77.4 Å². The number of aliphatic hydroxyl groups excluding tert-OH is 1. The number of ether oxygens (including phenoxy) is 1. The summed E-state index contributed by atoms with van der Waals surface area (Å²) >= 11 is 0. The third kappa shape index (κ3) is 4.60. The number of aliphatic hydroxyl groups is 1. The van der Waals surface area contributed by atoms with Crippen LogP contribution in [0.25, 0.3) is 0 Å².